The zero-order valence-corrected chi connectivity index (χ0v) is 11.2. The highest BCUT2D eigenvalue weighted by Crippen LogP contribution is 2.22. The summed E-state index contributed by atoms with van der Waals surface area (Å²) in [5, 5.41) is 8.84. The molecule has 1 rings (SSSR count). The number of benzene rings is 1. The number of carboxylic acid groups (broad SMARTS) is 1. The van der Waals surface area contributed by atoms with Crippen molar-refractivity contribution in [1.29, 1.82) is 0 Å². The summed E-state index contributed by atoms with van der Waals surface area (Å²) in [6.45, 7) is 6.23. The fourth-order valence-electron chi connectivity index (χ4n) is 1.08. The van der Waals surface area contributed by atoms with Crippen molar-refractivity contribution in [3.63, 3.8) is 0 Å². The molecule has 16 heavy (non-hydrogen) atoms. The molecule has 0 aliphatic heterocycles. The highest BCUT2D eigenvalue weighted by Gasteiger charge is 2.07. The Morgan fingerprint density at radius 1 is 1.56 bits per heavy atom. The average molecular weight is 332 g/mol. The average Bonchev–Trinajstić information content (AvgIpc) is 2.20. The number of aromatic carboxylic acids is 1. The van der Waals surface area contributed by atoms with E-state index in [1.807, 2.05) is 6.92 Å². The predicted molar refractivity (Wildman–Crippen MR) is 71.0 cm³/mol. The second-order valence-electron chi connectivity index (χ2n) is 3.51. The lowest BCUT2D eigenvalue weighted by Crippen LogP contribution is -2.02. The summed E-state index contributed by atoms with van der Waals surface area (Å²) in [6, 6.07) is 4.85. The molecular formula is C12H13IO3. The first kappa shape index (κ1) is 13.0. The quantitative estimate of drug-likeness (QED) is 0.665. The first-order chi connectivity index (χ1) is 7.50. The van der Waals surface area contributed by atoms with Gasteiger partial charge in [0, 0.05) is 6.42 Å². The molecule has 0 aliphatic carbocycles. The van der Waals surface area contributed by atoms with Gasteiger partial charge >= 0.3 is 5.97 Å². The third-order valence-corrected chi connectivity index (χ3v) is 2.86. The van der Waals surface area contributed by atoms with Crippen molar-refractivity contribution in [2.24, 2.45) is 0 Å². The fraction of sp³-hybridized carbons (Fsp3) is 0.250. The Hall–Kier alpha value is -1.04. The lowest BCUT2D eigenvalue weighted by molar-refractivity contribution is 0.0696. The van der Waals surface area contributed by atoms with Crippen molar-refractivity contribution in [2.45, 2.75) is 13.3 Å². The van der Waals surface area contributed by atoms with Gasteiger partial charge in [-0.3, -0.25) is 0 Å². The van der Waals surface area contributed by atoms with Crippen LogP contribution in [-0.4, -0.2) is 17.7 Å². The number of ether oxygens (including phenoxy) is 1. The van der Waals surface area contributed by atoms with Gasteiger partial charge in [-0.25, -0.2) is 4.79 Å². The van der Waals surface area contributed by atoms with Crippen molar-refractivity contribution in [2.75, 3.05) is 6.61 Å². The third kappa shape index (κ3) is 3.84. The van der Waals surface area contributed by atoms with Crippen LogP contribution in [0.4, 0.5) is 0 Å². The van der Waals surface area contributed by atoms with Crippen molar-refractivity contribution in [3.05, 3.63) is 39.5 Å². The van der Waals surface area contributed by atoms with Gasteiger partial charge in [0.2, 0.25) is 0 Å². The zero-order valence-electron chi connectivity index (χ0n) is 9.00. The van der Waals surface area contributed by atoms with Gasteiger partial charge < -0.3 is 9.84 Å². The Labute approximate surface area is 108 Å². The number of carbonyl (C=O) groups is 1. The Bertz CT molecular complexity index is 413. The van der Waals surface area contributed by atoms with E-state index >= 15 is 0 Å². The normalized spacial score (nSPS) is 9.88. The van der Waals surface area contributed by atoms with Gasteiger partial charge in [-0.05, 0) is 47.7 Å². The zero-order chi connectivity index (χ0) is 12.1. The maximum absolute atomic E-state index is 10.8. The van der Waals surface area contributed by atoms with Crippen molar-refractivity contribution in [1.82, 2.24) is 0 Å². The molecule has 0 atom stereocenters. The number of hydrogen-bond acceptors (Lipinski definition) is 2. The fourth-order valence-corrected chi connectivity index (χ4v) is 1.57. The van der Waals surface area contributed by atoms with Gasteiger partial charge in [-0.1, -0.05) is 5.57 Å². The van der Waals surface area contributed by atoms with Crippen LogP contribution in [0, 0.1) is 3.57 Å². The topological polar surface area (TPSA) is 46.5 Å². The highest BCUT2D eigenvalue weighted by atomic mass is 127. The predicted octanol–water partition coefficient (Wildman–Crippen LogP) is 3.33. The van der Waals surface area contributed by atoms with Crippen molar-refractivity contribution >= 4 is 28.6 Å². The van der Waals surface area contributed by atoms with Crippen molar-refractivity contribution < 1.29 is 14.6 Å². The van der Waals surface area contributed by atoms with E-state index in [1.54, 1.807) is 18.2 Å². The van der Waals surface area contributed by atoms with Crippen LogP contribution < -0.4 is 4.74 Å². The van der Waals surface area contributed by atoms with Gasteiger partial charge in [-0.2, -0.15) is 0 Å². The molecule has 0 unspecified atom stereocenters. The lowest BCUT2D eigenvalue weighted by atomic mass is 10.2. The molecule has 1 aromatic carbocycles. The minimum Gasteiger partial charge on any atom is -0.492 e. The van der Waals surface area contributed by atoms with E-state index in [0.29, 0.717) is 12.4 Å². The number of hydrogen-bond donors (Lipinski definition) is 1. The molecule has 86 valence electrons. The van der Waals surface area contributed by atoms with Gasteiger partial charge in [-0.15, -0.1) is 6.58 Å². The number of rotatable bonds is 5. The van der Waals surface area contributed by atoms with Gasteiger partial charge in [0.25, 0.3) is 0 Å². The van der Waals surface area contributed by atoms with Crippen molar-refractivity contribution in [3.8, 4) is 5.75 Å². The van der Waals surface area contributed by atoms with Crippen LogP contribution >= 0.6 is 22.6 Å². The summed E-state index contributed by atoms with van der Waals surface area (Å²) in [5.74, 6) is -0.331. The lowest BCUT2D eigenvalue weighted by Gasteiger charge is -2.08. The van der Waals surface area contributed by atoms with E-state index < -0.39 is 5.97 Å². The summed E-state index contributed by atoms with van der Waals surface area (Å²) in [7, 11) is 0. The standard InChI is InChI=1S/C12H13IO3/c1-8(2)5-6-16-11-7-9(12(14)15)3-4-10(11)13/h3-4,7H,1,5-6H2,2H3,(H,14,15). The first-order valence-corrected chi connectivity index (χ1v) is 5.88. The van der Waals surface area contributed by atoms with E-state index in [4.69, 9.17) is 9.84 Å². The number of halogens is 1. The smallest absolute Gasteiger partial charge is 0.335 e. The van der Waals surface area contributed by atoms with E-state index in [0.717, 1.165) is 15.6 Å². The van der Waals surface area contributed by atoms with Gasteiger partial charge in [0.05, 0.1) is 15.7 Å². The molecule has 0 saturated heterocycles. The maximum atomic E-state index is 10.8. The van der Waals surface area contributed by atoms with Crippen LogP contribution in [0.15, 0.2) is 30.4 Å². The first-order valence-electron chi connectivity index (χ1n) is 4.80. The third-order valence-electron chi connectivity index (χ3n) is 1.96. The van der Waals surface area contributed by atoms with Crippen LogP contribution in [0.1, 0.15) is 23.7 Å². The summed E-state index contributed by atoms with van der Waals surface area (Å²) in [5.41, 5.74) is 1.29. The highest BCUT2D eigenvalue weighted by molar-refractivity contribution is 14.1. The SMILES string of the molecule is C=C(C)CCOc1cc(C(=O)O)ccc1I. The monoisotopic (exact) mass is 332 g/mol. The van der Waals surface area contributed by atoms with Crippen LogP contribution in [0.2, 0.25) is 0 Å². The van der Waals surface area contributed by atoms with Crippen LogP contribution in [0.5, 0.6) is 5.75 Å². The molecule has 0 aromatic heterocycles. The molecule has 0 spiro atoms. The van der Waals surface area contributed by atoms with E-state index in [9.17, 15) is 4.79 Å². The van der Waals surface area contributed by atoms with Crippen LogP contribution in [0.3, 0.4) is 0 Å². The molecular weight excluding hydrogens is 319 g/mol. The maximum Gasteiger partial charge on any atom is 0.335 e. The molecule has 1 N–H and O–H groups in total. The molecule has 3 nitrogen and oxygen atoms in total. The van der Waals surface area contributed by atoms with Gasteiger partial charge in [0.1, 0.15) is 5.75 Å². The van der Waals surface area contributed by atoms with Crippen LogP contribution in [-0.2, 0) is 0 Å². The second-order valence-corrected chi connectivity index (χ2v) is 4.67. The molecule has 0 heterocycles. The summed E-state index contributed by atoms with van der Waals surface area (Å²) < 4.78 is 6.41. The molecule has 0 fully saturated rings. The Balaban J connectivity index is 2.74. The number of carboxylic acids is 1. The minimum absolute atomic E-state index is 0.241. The molecule has 4 heteroatoms. The molecule has 0 radical (unpaired) electrons. The minimum atomic E-state index is -0.943. The van der Waals surface area contributed by atoms with E-state index in [1.165, 1.54) is 0 Å². The second kappa shape index (κ2) is 5.89. The Kier molecular flexibility index (Phi) is 4.79. The molecule has 1 aromatic rings. The molecule has 0 amide bonds. The molecule has 0 bridgehead atoms. The van der Waals surface area contributed by atoms with Crippen LogP contribution in [0.25, 0.3) is 0 Å². The Morgan fingerprint density at radius 2 is 2.25 bits per heavy atom. The molecule has 0 saturated carbocycles. The van der Waals surface area contributed by atoms with E-state index in [-0.39, 0.29) is 5.56 Å². The molecule has 0 aliphatic rings. The summed E-state index contributed by atoms with van der Waals surface area (Å²) in [4.78, 5) is 10.8. The van der Waals surface area contributed by atoms with Gasteiger partial charge in [0.15, 0.2) is 0 Å². The largest absolute Gasteiger partial charge is 0.492 e. The Morgan fingerprint density at radius 3 is 2.81 bits per heavy atom. The van der Waals surface area contributed by atoms with E-state index in [2.05, 4.69) is 29.2 Å². The summed E-state index contributed by atoms with van der Waals surface area (Å²) >= 11 is 2.12. The summed E-state index contributed by atoms with van der Waals surface area (Å²) in [6.07, 6.45) is 0.771.